The van der Waals surface area contributed by atoms with E-state index in [1.54, 1.807) is 13.8 Å². The van der Waals surface area contributed by atoms with Crippen LogP contribution in [0, 0.1) is 5.92 Å². The Hall–Kier alpha value is -3.95. The molecule has 0 aliphatic carbocycles. The topological polar surface area (TPSA) is 295 Å². The molecule has 0 aliphatic heterocycles. The van der Waals surface area contributed by atoms with Crippen molar-refractivity contribution in [1.82, 2.24) is 16.0 Å². The average molecular weight is 517 g/mol. The molecule has 16 heteroatoms. The van der Waals surface area contributed by atoms with E-state index in [0.29, 0.717) is 0 Å². The molecule has 16 nitrogen and oxygen atoms in total. The molecule has 0 aromatic rings. The Morgan fingerprint density at radius 1 is 0.833 bits per heavy atom. The third-order valence-corrected chi connectivity index (χ3v) is 4.85. The van der Waals surface area contributed by atoms with Crippen LogP contribution in [-0.4, -0.2) is 82.5 Å². The third-order valence-electron chi connectivity index (χ3n) is 4.85. The van der Waals surface area contributed by atoms with E-state index in [0.717, 1.165) is 0 Å². The highest BCUT2D eigenvalue weighted by atomic mass is 16.4. The number of hydrogen-bond acceptors (Lipinski definition) is 8. The number of carboxylic acid groups (broad SMARTS) is 2. The summed E-state index contributed by atoms with van der Waals surface area (Å²) in [7, 11) is 0. The number of guanidine groups is 1. The van der Waals surface area contributed by atoms with Crippen LogP contribution >= 0.6 is 0 Å². The van der Waals surface area contributed by atoms with Crippen LogP contribution in [0.4, 0.5) is 0 Å². The number of rotatable bonds is 17. The third kappa shape index (κ3) is 13.1. The maximum atomic E-state index is 13.0. The quantitative estimate of drug-likeness (QED) is 0.0514. The Labute approximate surface area is 207 Å². The van der Waals surface area contributed by atoms with Gasteiger partial charge in [-0.25, -0.2) is 4.79 Å². The number of carboxylic acids is 2. The van der Waals surface area contributed by atoms with Crippen molar-refractivity contribution in [1.29, 1.82) is 0 Å². The predicted octanol–water partition coefficient (Wildman–Crippen LogP) is -3.70. The number of amides is 4. The largest absolute Gasteiger partial charge is 0.481 e. The zero-order valence-electron chi connectivity index (χ0n) is 20.2. The van der Waals surface area contributed by atoms with E-state index in [9.17, 15) is 33.9 Å². The van der Waals surface area contributed by atoms with E-state index in [4.69, 9.17) is 28.0 Å². The molecule has 4 amide bonds. The number of aliphatic carboxylic acids is 2. The van der Waals surface area contributed by atoms with E-state index < -0.39 is 72.1 Å². The molecule has 0 aliphatic rings. The van der Waals surface area contributed by atoms with Crippen molar-refractivity contribution >= 4 is 41.5 Å². The molecule has 4 unspecified atom stereocenters. The second kappa shape index (κ2) is 15.9. The fraction of sp³-hybridized carbons (Fsp3) is 0.650. The van der Waals surface area contributed by atoms with Gasteiger partial charge in [0.2, 0.25) is 23.6 Å². The summed E-state index contributed by atoms with van der Waals surface area (Å²) in [6.07, 6.45) is -0.961. The molecule has 0 aromatic heterocycles. The van der Waals surface area contributed by atoms with Crippen molar-refractivity contribution in [2.45, 2.75) is 70.1 Å². The molecule has 0 rings (SSSR count). The number of nitrogens with one attached hydrogen (secondary N) is 3. The van der Waals surface area contributed by atoms with Crippen molar-refractivity contribution in [3.05, 3.63) is 0 Å². The van der Waals surface area contributed by atoms with Gasteiger partial charge in [-0.2, -0.15) is 0 Å². The summed E-state index contributed by atoms with van der Waals surface area (Å²) in [6.45, 7) is 3.31. The Balaban J connectivity index is 5.55. The van der Waals surface area contributed by atoms with Crippen molar-refractivity contribution in [2.75, 3.05) is 6.54 Å². The lowest BCUT2D eigenvalue weighted by Gasteiger charge is -2.27. The molecule has 0 spiro atoms. The van der Waals surface area contributed by atoms with E-state index >= 15 is 0 Å². The van der Waals surface area contributed by atoms with Gasteiger partial charge in [0, 0.05) is 13.0 Å². The first-order valence-corrected chi connectivity index (χ1v) is 11.1. The molecule has 204 valence electrons. The van der Waals surface area contributed by atoms with E-state index in [2.05, 4.69) is 20.9 Å². The van der Waals surface area contributed by atoms with Gasteiger partial charge in [0.05, 0.1) is 12.5 Å². The van der Waals surface area contributed by atoms with Crippen LogP contribution in [0.5, 0.6) is 0 Å². The Kier molecular flexibility index (Phi) is 14.1. The summed E-state index contributed by atoms with van der Waals surface area (Å²) in [5, 5.41) is 25.2. The monoisotopic (exact) mass is 516 g/mol. The molecule has 0 radical (unpaired) electrons. The minimum absolute atomic E-state index is 0.0109. The van der Waals surface area contributed by atoms with Gasteiger partial charge in [-0.05, 0) is 25.2 Å². The average Bonchev–Trinajstić information content (AvgIpc) is 2.75. The highest BCUT2D eigenvalue weighted by Gasteiger charge is 2.32. The second-order valence-electron chi connectivity index (χ2n) is 8.35. The number of aliphatic imine (C=N–C) groups is 1. The molecule has 0 fully saturated rings. The highest BCUT2D eigenvalue weighted by molar-refractivity contribution is 5.94. The summed E-state index contributed by atoms with van der Waals surface area (Å²) >= 11 is 0. The van der Waals surface area contributed by atoms with Crippen molar-refractivity contribution < 1.29 is 39.0 Å². The van der Waals surface area contributed by atoms with Crippen LogP contribution in [0.1, 0.15) is 46.0 Å². The zero-order chi connectivity index (χ0) is 28.0. The molecular weight excluding hydrogens is 480 g/mol. The SMILES string of the molecule is CC(C)C(NC(=O)C(CCCN=C(N)N)NC(=O)C(N)CC(=O)O)C(=O)NC(CCC(N)=O)C(=O)O. The van der Waals surface area contributed by atoms with Gasteiger partial charge < -0.3 is 49.1 Å². The van der Waals surface area contributed by atoms with Crippen LogP contribution in [0.15, 0.2) is 4.99 Å². The van der Waals surface area contributed by atoms with Gasteiger partial charge in [0.15, 0.2) is 5.96 Å². The van der Waals surface area contributed by atoms with Gasteiger partial charge in [0.1, 0.15) is 18.1 Å². The lowest BCUT2D eigenvalue weighted by atomic mass is 10.0. The first kappa shape index (κ1) is 32.0. The fourth-order valence-corrected chi connectivity index (χ4v) is 2.93. The second-order valence-corrected chi connectivity index (χ2v) is 8.35. The summed E-state index contributed by atoms with van der Waals surface area (Å²) in [5.41, 5.74) is 21.1. The van der Waals surface area contributed by atoms with Crippen LogP contribution < -0.4 is 38.9 Å². The van der Waals surface area contributed by atoms with Crippen molar-refractivity contribution in [2.24, 2.45) is 33.8 Å². The number of hydrogen-bond donors (Lipinski definition) is 9. The Morgan fingerprint density at radius 3 is 1.89 bits per heavy atom. The van der Waals surface area contributed by atoms with E-state index in [1.165, 1.54) is 0 Å². The number of nitrogens with two attached hydrogens (primary N) is 4. The van der Waals surface area contributed by atoms with Crippen LogP contribution in [-0.2, 0) is 28.8 Å². The van der Waals surface area contributed by atoms with E-state index in [1.807, 2.05) is 0 Å². The molecule has 0 heterocycles. The normalized spacial score (nSPS) is 14.0. The van der Waals surface area contributed by atoms with Crippen LogP contribution in [0.3, 0.4) is 0 Å². The Morgan fingerprint density at radius 2 is 1.42 bits per heavy atom. The van der Waals surface area contributed by atoms with Gasteiger partial charge in [-0.1, -0.05) is 13.8 Å². The molecule has 0 aromatic carbocycles. The van der Waals surface area contributed by atoms with Crippen molar-refractivity contribution in [3.63, 3.8) is 0 Å². The molecule has 36 heavy (non-hydrogen) atoms. The molecule has 0 saturated heterocycles. The zero-order valence-corrected chi connectivity index (χ0v) is 20.2. The maximum Gasteiger partial charge on any atom is 0.326 e. The fourth-order valence-electron chi connectivity index (χ4n) is 2.93. The number of carbonyl (C=O) groups is 6. The van der Waals surface area contributed by atoms with Gasteiger partial charge in [-0.15, -0.1) is 0 Å². The first-order valence-electron chi connectivity index (χ1n) is 11.1. The molecule has 4 atom stereocenters. The van der Waals surface area contributed by atoms with Crippen LogP contribution in [0.25, 0.3) is 0 Å². The number of primary amides is 1. The van der Waals surface area contributed by atoms with Gasteiger partial charge in [-0.3, -0.25) is 29.0 Å². The molecule has 13 N–H and O–H groups in total. The van der Waals surface area contributed by atoms with E-state index in [-0.39, 0.29) is 38.2 Å². The lowest BCUT2D eigenvalue weighted by molar-refractivity contribution is -0.143. The number of nitrogens with zero attached hydrogens (tertiary/aromatic N) is 1. The summed E-state index contributed by atoms with van der Waals surface area (Å²) < 4.78 is 0. The molecule has 0 bridgehead atoms. The standard InChI is InChI=1S/C20H36N8O8/c1-9(2)15(18(34)27-12(19(35)36)5-6-13(22)29)28-17(33)11(4-3-7-25-20(23)24)26-16(32)10(21)8-14(30)31/h9-12,15H,3-8,21H2,1-2H3,(H2,22,29)(H,26,32)(H,27,34)(H,28,33)(H,30,31)(H,35,36)(H4,23,24,25). The predicted molar refractivity (Wildman–Crippen MR) is 127 cm³/mol. The first-order chi connectivity index (χ1) is 16.6. The molecule has 0 saturated carbocycles. The minimum Gasteiger partial charge on any atom is -0.481 e. The van der Waals surface area contributed by atoms with Gasteiger partial charge >= 0.3 is 11.9 Å². The number of carbonyl (C=O) groups excluding carboxylic acids is 4. The summed E-state index contributed by atoms with van der Waals surface area (Å²) in [6, 6.07) is -5.29. The lowest BCUT2D eigenvalue weighted by Crippen LogP contribution is -2.58. The van der Waals surface area contributed by atoms with Crippen molar-refractivity contribution in [3.8, 4) is 0 Å². The van der Waals surface area contributed by atoms with Crippen LogP contribution in [0.2, 0.25) is 0 Å². The smallest absolute Gasteiger partial charge is 0.326 e. The molecular formula is C20H36N8O8. The maximum absolute atomic E-state index is 13.0. The highest BCUT2D eigenvalue weighted by Crippen LogP contribution is 2.07. The Bertz CT molecular complexity index is 844. The van der Waals surface area contributed by atoms with Gasteiger partial charge in [0.25, 0.3) is 0 Å². The summed E-state index contributed by atoms with van der Waals surface area (Å²) in [4.78, 5) is 75.1. The summed E-state index contributed by atoms with van der Waals surface area (Å²) in [5.74, 6) is -6.66. The minimum atomic E-state index is -1.43.